The summed E-state index contributed by atoms with van der Waals surface area (Å²) in [4.78, 5) is 4.71. The minimum atomic E-state index is 0.154. The number of oxazole rings is 1. The van der Waals surface area contributed by atoms with E-state index in [0.29, 0.717) is 11.1 Å². The van der Waals surface area contributed by atoms with Gasteiger partial charge in [0.1, 0.15) is 5.52 Å². The van der Waals surface area contributed by atoms with Crippen LogP contribution in [0.5, 0.6) is 0 Å². The van der Waals surface area contributed by atoms with E-state index in [1.54, 1.807) is 6.07 Å². The van der Waals surface area contributed by atoms with Crippen molar-refractivity contribution < 1.29 is 4.42 Å². The van der Waals surface area contributed by atoms with Crippen LogP contribution in [0.2, 0.25) is 5.35 Å². The molecule has 0 aliphatic carbocycles. The van der Waals surface area contributed by atoms with E-state index in [0.717, 1.165) is 4.90 Å². The van der Waals surface area contributed by atoms with Crippen molar-refractivity contribution in [1.29, 1.82) is 0 Å². The Morgan fingerprint density at radius 2 is 2.27 bits per heavy atom. The highest BCUT2D eigenvalue weighted by atomic mass is 35.5. The molecule has 2 aromatic rings. The lowest BCUT2D eigenvalue weighted by molar-refractivity contribution is 0.604. The van der Waals surface area contributed by atoms with Crippen molar-refractivity contribution in [2.75, 3.05) is 0 Å². The van der Waals surface area contributed by atoms with Crippen LogP contribution >= 0.6 is 24.2 Å². The van der Waals surface area contributed by atoms with Gasteiger partial charge >= 0.3 is 0 Å². The third-order valence-corrected chi connectivity index (χ3v) is 1.89. The van der Waals surface area contributed by atoms with E-state index >= 15 is 0 Å². The molecule has 2 rings (SSSR count). The van der Waals surface area contributed by atoms with Crippen molar-refractivity contribution in [3.8, 4) is 0 Å². The third kappa shape index (κ3) is 1.10. The van der Waals surface area contributed by atoms with Crippen molar-refractivity contribution in [1.82, 2.24) is 4.98 Å². The van der Waals surface area contributed by atoms with Crippen LogP contribution in [0.1, 0.15) is 0 Å². The van der Waals surface area contributed by atoms with Crippen molar-refractivity contribution in [3.05, 3.63) is 23.5 Å². The lowest BCUT2D eigenvalue weighted by Crippen LogP contribution is -1.69. The monoisotopic (exact) mass is 185 g/mol. The largest absolute Gasteiger partial charge is 0.428 e. The molecule has 1 aromatic heterocycles. The summed E-state index contributed by atoms with van der Waals surface area (Å²) in [7, 11) is 0. The molecular formula is C7H4ClNOS. The number of nitrogens with zero attached hydrogens (tertiary/aromatic N) is 1. The second-order valence-electron chi connectivity index (χ2n) is 2.09. The summed E-state index contributed by atoms with van der Waals surface area (Å²) >= 11 is 9.73. The summed E-state index contributed by atoms with van der Waals surface area (Å²) in [6, 6.07) is 5.48. The van der Waals surface area contributed by atoms with E-state index < -0.39 is 0 Å². The fourth-order valence-corrected chi connectivity index (χ4v) is 1.32. The molecule has 0 radical (unpaired) electrons. The van der Waals surface area contributed by atoms with Crippen molar-refractivity contribution in [2.45, 2.75) is 4.90 Å². The van der Waals surface area contributed by atoms with Crippen molar-refractivity contribution in [2.24, 2.45) is 0 Å². The first-order chi connectivity index (χ1) is 5.27. The predicted molar refractivity (Wildman–Crippen MR) is 46.3 cm³/mol. The van der Waals surface area contributed by atoms with E-state index in [2.05, 4.69) is 17.6 Å². The van der Waals surface area contributed by atoms with E-state index in [4.69, 9.17) is 16.0 Å². The highest BCUT2D eigenvalue weighted by Gasteiger charge is 2.04. The average molecular weight is 186 g/mol. The SMILES string of the molecule is Sc1cccc2oc(Cl)nc12. The van der Waals surface area contributed by atoms with Gasteiger partial charge in [0.25, 0.3) is 5.35 Å². The van der Waals surface area contributed by atoms with Gasteiger partial charge in [0.05, 0.1) is 0 Å². The van der Waals surface area contributed by atoms with Gasteiger partial charge in [-0.15, -0.1) is 12.6 Å². The molecule has 0 unspecified atom stereocenters. The summed E-state index contributed by atoms with van der Waals surface area (Å²) in [6.45, 7) is 0. The van der Waals surface area contributed by atoms with Gasteiger partial charge in [-0.2, -0.15) is 4.98 Å². The predicted octanol–water partition coefficient (Wildman–Crippen LogP) is 2.77. The number of hydrogen-bond donors (Lipinski definition) is 1. The van der Waals surface area contributed by atoms with Crippen LogP contribution in [0, 0.1) is 0 Å². The van der Waals surface area contributed by atoms with Gasteiger partial charge in [0, 0.05) is 4.90 Å². The molecule has 0 atom stereocenters. The van der Waals surface area contributed by atoms with Gasteiger partial charge in [0.15, 0.2) is 5.58 Å². The molecule has 4 heteroatoms. The van der Waals surface area contributed by atoms with Gasteiger partial charge < -0.3 is 4.42 Å². The summed E-state index contributed by atoms with van der Waals surface area (Å²) in [5.74, 6) is 0. The normalized spacial score (nSPS) is 10.7. The first kappa shape index (κ1) is 7.00. The summed E-state index contributed by atoms with van der Waals surface area (Å²) in [5.41, 5.74) is 1.38. The zero-order valence-corrected chi connectivity index (χ0v) is 7.06. The second-order valence-corrected chi connectivity index (χ2v) is 2.90. The Bertz CT molecular complexity index is 398. The van der Waals surface area contributed by atoms with Crippen molar-refractivity contribution in [3.63, 3.8) is 0 Å². The Morgan fingerprint density at radius 1 is 1.45 bits per heavy atom. The molecule has 2 nitrogen and oxygen atoms in total. The van der Waals surface area contributed by atoms with E-state index in [1.165, 1.54) is 0 Å². The minimum Gasteiger partial charge on any atom is -0.428 e. The van der Waals surface area contributed by atoms with Crippen LogP contribution in [0.3, 0.4) is 0 Å². The van der Waals surface area contributed by atoms with Crippen LogP contribution < -0.4 is 0 Å². The van der Waals surface area contributed by atoms with Crippen LogP contribution in [0.15, 0.2) is 27.5 Å². The number of rotatable bonds is 0. The molecule has 0 bridgehead atoms. The van der Waals surface area contributed by atoms with Crippen LogP contribution in [-0.2, 0) is 0 Å². The maximum absolute atomic E-state index is 5.54. The number of halogens is 1. The number of para-hydroxylation sites is 1. The molecule has 56 valence electrons. The van der Waals surface area contributed by atoms with Crippen molar-refractivity contribution >= 4 is 35.3 Å². The minimum absolute atomic E-state index is 0.154. The maximum Gasteiger partial charge on any atom is 0.293 e. The Morgan fingerprint density at radius 3 is 3.00 bits per heavy atom. The third-order valence-electron chi connectivity index (χ3n) is 1.37. The fourth-order valence-electron chi connectivity index (χ4n) is 0.907. The Labute approximate surface area is 73.6 Å². The number of fused-ring (bicyclic) bond motifs is 1. The number of benzene rings is 1. The quantitative estimate of drug-likeness (QED) is 0.639. The van der Waals surface area contributed by atoms with E-state index in [1.807, 2.05) is 12.1 Å². The van der Waals surface area contributed by atoms with Gasteiger partial charge in [0.2, 0.25) is 0 Å². The van der Waals surface area contributed by atoms with Gasteiger partial charge in [-0.05, 0) is 23.7 Å². The molecule has 0 N–H and O–H groups in total. The first-order valence-electron chi connectivity index (χ1n) is 3.01. The smallest absolute Gasteiger partial charge is 0.293 e. The first-order valence-corrected chi connectivity index (χ1v) is 3.84. The highest BCUT2D eigenvalue weighted by molar-refractivity contribution is 7.80. The van der Waals surface area contributed by atoms with Crippen LogP contribution in [-0.4, -0.2) is 4.98 Å². The molecule has 0 aliphatic heterocycles. The Balaban J connectivity index is 2.90. The van der Waals surface area contributed by atoms with E-state index in [9.17, 15) is 0 Å². The fraction of sp³-hybridized carbons (Fsp3) is 0. The Hall–Kier alpha value is -0.670. The molecular weight excluding hydrogens is 182 g/mol. The lowest BCUT2D eigenvalue weighted by Gasteiger charge is -1.87. The molecule has 0 fully saturated rings. The molecule has 1 heterocycles. The average Bonchev–Trinajstić information content (AvgIpc) is 2.31. The highest BCUT2D eigenvalue weighted by Crippen LogP contribution is 2.23. The molecule has 11 heavy (non-hydrogen) atoms. The molecule has 0 saturated heterocycles. The maximum atomic E-state index is 5.54. The molecule has 0 saturated carbocycles. The number of thiol groups is 1. The summed E-state index contributed by atoms with van der Waals surface area (Å²) in [6.07, 6.45) is 0. The topological polar surface area (TPSA) is 26.0 Å². The van der Waals surface area contributed by atoms with Crippen LogP contribution in [0.4, 0.5) is 0 Å². The molecule has 0 spiro atoms. The van der Waals surface area contributed by atoms with Crippen LogP contribution in [0.25, 0.3) is 11.1 Å². The summed E-state index contributed by atoms with van der Waals surface area (Å²) in [5, 5.41) is 0.154. The van der Waals surface area contributed by atoms with E-state index in [-0.39, 0.29) is 5.35 Å². The zero-order valence-electron chi connectivity index (χ0n) is 5.41. The molecule has 0 amide bonds. The van der Waals surface area contributed by atoms with Gasteiger partial charge in [-0.3, -0.25) is 0 Å². The summed E-state index contributed by atoms with van der Waals surface area (Å²) < 4.78 is 5.05. The molecule has 1 aromatic carbocycles. The van der Waals surface area contributed by atoms with Gasteiger partial charge in [-0.1, -0.05) is 6.07 Å². The molecule has 0 aliphatic rings. The lowest BCUT2D eigenvalue weighted by atomic mass is 10.3. The Kier molecular flexibility index (Phi) is 1.55. The number of hydrogen-bond acceptors (Lipinski definition) is 3. The standard InChI is InChI=1S/C7H4ClNOS/c8-7-9-6-4(10-7)2-1-3-5(6)11/h1-3,11H. The number of aromatic nitrogens is 1. The zero-order chi connectivity index (χ0) is 7.84. The second kappa shape index (κ2) is 2.43. The van der Waals surface area contributed by atoms with Gasteiger partial charge in [-0.25, -0.2) is 0 Å².